The standard InChI is InChI=1S/C23H30N2O2/c1-23(2,3)19-8-5-6-9-20(19)24-22(26)16-25-15-7-10-21(25)17-11-13-18(27-4)14-12-17/h5-6,8-9,11-14,21H,7,10,15-16H2,1-4H3,(H,24,26). The number of hydrogen-bond donors (Lipinski definition) is 1. The number of hydrogen-bond acceptors (Lipinski definition) is 3. The molecule has 1 unspecified atom stereocenters. The highest BCUT2D eigenvalue weighted by molar-refractivity contribution is 5.93. The molecule has 1 atom stereocenters. The van der Waals surface area contributed by atoms with Crippen molar-refractivity contribution in [1.82, 2.24) is 4.90 Å². The third-order valence-electron chi connectivity index (χ3n) is 5.22. The minimum Gasteiger partial charge on any atom is -0.497 e. The average Bonchev–Trinajstić information content (AvgIpc) is 3.09. The molecule has 1 fully saturated rings. The van der Waals surface area contributed by atoms with E-state index in [4.69, 9.17) is 4.74 Å². The quantitative estimate of drug-likeness (QED) is 0.829. The number of para-hydroxylation sites is 1. The van der Waals surface area contributed by atoms with Gasteiger partial charge in [0.25, 0.3) is 0 Å². The van der Waals surface area contributed by atoms with Gasteiger partial charge in [-0.2, -0.15) is 0 Å². The molecule has 4 heteroatoms. The summed E-state index contributed by atoms with van der Waals surface area (Å²) in [5, 5.41) is 3.13. The summed E-state index contributed by atoms with van der Waals surface area (Å²) in [5.74, 6) is 0.909. The summed E-state index contributed by atoms with van der Waals surface area (Å²) in [4.78, 5) is 15.0. The van der Waals surface area contributed by atoms with Gasteiger partial charge in [-0.1, -0.05) is 51.1 Å². The van der Waals surface area contributed by atoms with Crippen LogP contribution in [0.5, 0.6) is 5.75 Å². The summed E-state index contributed by atoms with van der Waals surface area (Å²) in [5.41, 5.74) is 3.31. The second-order valence-corrected chi connectivity index (χ2v) is 8.25. The lowest BCUT2D eigenvalue weighted by Gasteiger charge is -2.26. The molecule has 2 aromatic rings. The number of benzene rings is 2. The number of ether oxygens (including phenoxy) is 1. The number of rotatable bonds is 5. The maximum Gasteiger partial charge on any atom is 0.238 e. The van der Waals surface area contributed by atoms with Gasteiger partial charge in [0.1, 0.15) is 5.75 Å². The fourth-order valence-corrected chi connectivity index (χ4v) is 3.84. The van der Waals surface area contributed by atoms with Crippen molar-refractivity contribution in [1.29, 1.82) is 0 Å². The van der Waals surface area contributed by atoms with E-state index in [1.54, 1.807) is 7.11 Å². The Morgan fingerprint density at radius 1 is 1.15 bits per heavy atom. The molecule has 1 N–H and O–H groups in total. The molecule has 0 bridgehead atoms. The van der Waals surface area contributed by atoms with E-state index in [2.05, 4.69) is 49.2 Å². The van der Waals surface area contributed by atoms with E-state index in [0.717, 1.165) is 36.4 Å². The Hall–Kier alpha value is -2.33. The molecular formula is C23H30N2O2. The molecule has 3 rings (SSSR count). The third-order valence-corrected chi connectivity index (χ3v) is 5.22. The van der Waals surface area contributed by atoms with Crippen molar-refractivity contribution in [3.63, 3.8) is 0 Å². The number of methoxy groups -OCH3 is 1. The van der Waals surface area contributed by atoms with E-state index >= 15 is 0 Å². The Balaban J connectivity index is 1.68. The Bertz CT molecular complexity index is 778. The topological polar surface area (TPSA) is 41.6 Å². The second kappa shape index (κ2) is 8.13. The fourth-order valence-electron chi connectivity index (χ4n) is 3.84. The minimum absolute atomic E-state index is 0.0108. The van der Waals surface area contributed by atoms with Gasteiger partial charge in [0.05, 0.1) is 13.7 Å². The Morgan fingerprint density at radius 3 is 2.52 bits per heavy atom. The first-order valence-electron chi connectivity index (χ1n) is 9.66. The van der Waals surface area contributed by atoms with E-state index in [1.807, 2.05) is 30.3 Å². The van der Waals surface area contributed by atoms with Crippen LogP contribution in [0.25, 0.3) is 0 Å². The number of carbonyl (C=O) groups excluding carboxylic acids is 1. The number of carbonyl (C=O) groups is 1. The zero-order valence-electron chi connectivity index (χ0n) is 16.8. The van der Waals surface area contributed by atoms with Crippen molar-refractivity contribution in [3.05, 3.63) is 59.7 Å². The lowest BCUT2D eigenvalue weighted by Crippen LogP contribution is -2.33. The molecule has 2 aromatic carbocycles. The molecule has 0 saturated carbocycles. The highest BCUT2D eigenvalue weighted by atomic mass is 16.5. The van der Waals surface area contributed by atoms with Crippen LogP contribution in [0, 0.1) is 0 Å². The monoisotopic (exact) mass is 366 g/mol. The summed E-state index contributed by atoms with van der Waals surface area (Å²) < 4.78 is 5.25. The van der Waals surface area contributed by atoms with Crippen molar-refractivity contribution in [2.24, 2.45) is 0 Å². The van der Waals surface area contributed by atoms with E-state index in [0.29, 0.717) is 12.6 Å². The lowest BCUT2D eigenvalue weighted by molar-refractivity contribution is -0.117. The van der Waals surface area contributed by atoms with Crippen LogP contribution in [0.1, 0.15) is 50.8 Å². The Kier molecular flexibility index (Phi) is 5.85. The summed E-state index contributed by atoms with van der Waals surface area (Å²) >= 11 is 0. The summed E-state index contributed by atoms with van der Waals surface area (Å²) in [6.45, 7) is 7.86. The maximum absolute atomic E-state index is 12.8. The number of nitrogens with one attached hydrogen (secondary N) is 1. The van der Waals surface area contributed by atoms with Crippen LogP contribution < -0.4 is 10.1 Å². The lowest BCUT2D eigenvalue weighted by atomic mass is 9.86. The van der Waals surface area contributed by atoms with Gasteiger partial charge in [-0.3, -0.25) is 9.69 Å². The molecule has 144 valence electrons. The molecule has 1 aliphatic heterocycles. The fraction of sp³-hybridized carbons (Fsp3) is 0.435. The highest BCUT2D eigenvalue weighted by Crippen LogP contribution is 2.33. The van der Waals surface area contributed by atoms with Crippen molar-refractivity contribution in [2.45, 2.75) is 45.1 Å². The molecule has 27 heavy (non-hydrogen) atoms. The van der Waals surface area contributed by atoms with E-state index in [9.17, 15) is 4.79 Å². The van der Waals surface area contributed by atoms with Crippen LogP contribution in [-0.2, 0) is 10.2 Å². The smallest absolute Gasteiger partial charge is 0.238 e. The molecule has 0 spiro atoms. The molecule has 0 aromatic heterocycles. The number of anilines is 1. The highest BCUT2D eigenvalue weighted by Gasteiger charge is 2.28. The van der Waals surface area contributed by atoms with Crippen LogP contribution in [0.4, 0.5) is 5.69 Å². The Morgan fingerprint density at radius 2 is 1.85 bits per heavy atom. The van der Waals surface area contributed by atoms with Gasteiger partial charge in [0.2, 0.25) is 5.91 Å². The van der Waals surface area contributed by atoms with E-state index < -0.39 is 0 Å². The zero-order chi connectivity index (χ0) is 19.4. The van der Waals surface area contributed by atoms with Crippen LogP contribution in [0.15, 0.2) is 48.5 Å². The number of amides is 1. The van der Waals surface area contributed by atoms with Gasteiger partial charge in [0, 0.05) is 11.7 Å². The minimum atomic E-state index is -0.0108. The third kappa shape index (κ3) is 4.69. The van der Waals surface area contributed by atoms with Crippen LogP contribution in [0.2, 0.25) is 0 Å². The van der Waals surface area contributed by atoms with Crippen molar-refractivity contribution < 1.29 is 9.53 Å². The molecule has 0 aliphatic carbocycles. The van der Waals surface area contributed by atoms with Crippen LogP contribution in [-0.4, -0.2) is 31.0 Å². The number of likely N-dealkylation sites (tertiary alicyclic amines) is 1. The largest absolute Gasteiger partial charge is 0.497 e. The van der Waals surface area contributed by atoms with Gasteiger partial charge in [-0.15, -0.1) is 0 Å². The molecule has 0 radical (unpaired) electrons. The van der Waals surface area contributed by atoms with Gasteiger partial charge in [-0.25, -0.2) is 0 Å². The summed E-state index contributed by atoms with van der Waals surface area (Å²) in [6.07, 6.45) is 2.20. The Labute approximate surface area is 162 Å². The number of nitrogens with zero attached hydrogens (tertiary/aromatic N) is 1. The normalized spacial score (nSPS) is 17.7. The maximum atomic E-state index is 12.8. The van der Waals surface area contributed by atoms with Crippen LogP contribution >= 0.6 is 0 Å². The average molecular weight is 367 g/mol. The second-order valence-electron chi connectivity index (χ2n) is 8.25. The summed E-state index contributed by atoms with van der Waals surface area (Å²) in [6, 6.07) is 16.6. The first-order chi connectivity index (χ1) is 12.9. The first-order valence-corrected chi connectivity index (χ1v) is 9.66. The molecular weight excluding hydrogens is 336 g/mol. The van der Waals surface area contributed by atoms with Crippen LogP contribution in [0.3, 0.4) is 0 Å². The van der Waals surface area contributed by atoms with Crippen molar-refractivity contribution in [3.8, 4) is 5.75 Å². The SMILES string of the molecule is COc1ccc(C2CCCN2CC(=O)Nc2ccccc2C(C)(C)C)cc1. The molecule has 1 aliphatic rings. The predicted octanol–water partition coefficient (Wildman–Crippen LogP) is 4.77. The first kappa shape index (κ1) is 19.4. The van der Waals surface area contributed by atoms with Crippen molar-refractivity contribution in [2.75, 3.05) is 25.5 Å². The van der Waals surface area contributed by atoms with Gasteiger partial charge >= 0.3 is 0 Å². The van der Waals surface area contributed by atoms with Gasteiger partial charge in [-0.05, 0) is 54.1 Å². The van der Waals surface area contributed by atoms with Gasteiger partial charge < -0.3 is 10.1 Å². The molecule has 1 amide bonds. The summed E-state index contributed by atoms with van der Waals surface area (Å²) in [7, 11) is 1.68. The van der Waals surface area contributed by atoms with Gasteiger partial charge in [0.15, 0.2) is 0 Å². The predicted molar refractivity (Wildman–Crippen MR) is 110 cm³/mol. The van der Waals surface area contributed by atoms with E-state index in [1.165, 1.54) is 5.56 Å². The van der Waals surface area contributed by atoms with Crippen molar-refractivity contribution >= 4 is 11.6 Å². The van der Waals surface area contributed by atoms with E-state index in [-0.39, 0.29) is 11.3 Å². The molecule has 4 nitrogen and oxygen atoms in total. The zero-order valence-corrected chi connectivity index (χ0v) is 16.8. The molecule has 1 heterocycles. The molecule has 1 saturated heterocycles.